The lowest BCUT2D eigenvalue weighted by molar-refractivity contribution is -0.385. The second-order valence-corrected chi connectivity index (χ2v) is 4.67. The van der Waals surface area contributed by atoms with Crippen LogP contribution in [0.25, 0.3) is 0 Å². The third kappa shape index (κ3) is 2.06. The second-order valence-electron chi connectivity index (χ2n) is 4.67. The first kappa shape index (κ1) is 13.0. The summed E-state index contributed by atoms with van der Waals surface area (Å²) in [5.74, 6) is 0.157. The molecule has 8 nitrogen and oxygen atoms in total. The van der Waals surface area contributed by atoms with Crippen LogP contribution in [0.15, 0.2) is 29.3 Å². The highest BCUT2D eigenvalue weighted by atomic mass is 16.6. The Morgan fingerprint density at radius 2 is 2.19 bits per heavy atom. The van der Waals surface area contributed by atoms with Crippen molar-refractivity contribution in [2.45, 2.75) is 13.5 Å². The van der Waals surface area contributed by atoms with E-state index in [0.717, 1.165) is 0 Å². The SMILES string of the molecule is CC1=Nc2cccc([N+](=O)[O-])c2CN1c1cc(O)[nH]c1O. The van der Waals surface area contributed by atoms with Crippen molar-refractivity contribution in [1.82, 2.24) is 4.98 Å². The Morgan fingerprint density at radius 1 is 1.43 bits per heavy atom. The molecule has 0 bridgehead atoms. The molecule has 0 amide bonds. The fourth-order valence-corrected chi connectivity index (χ4v) is 2.39. The number of anilines is 1. The van der Waals surface area contributed by atoms with Crippen molar-refractivity contribution in [3.05, 3.63) is 39.9 Å². The average Bonchev–Trinajstić information content (AvgIpc) is 2.75. The molecule has 0 aliphatic carbocycles. The van der Waals surface area contributed by atoms with Gasteiger partial charge in [-0.1, -0.05) is 6.07 Å². The molecule has 108 valence electrons. The number of hydrogen-bond donors (Lipinski definition) is 3. The smallest absolute Gasteiger partial charge is 0.276 e. The molecule has 1 aliphatic rings. The predicted molar refractivity (Wildman–Crippen MR) is 76.2 cm³/mol. The van der Waals surface area contributed by atoms with Crippen LogP contribution in [0.4, 0.5) is 17.1 Å². The first-order valence-corrected chi connectivity index (χ1v) is 6.17. The Morgan fingerprint density at radius 3 is 2.81 bits per heavy atom. The molecule has 0 saturated heterocycles. The van der Waals surface area contributed by atoms with Crippen LogP contribution in [0, 0.1) is 10.1 Å². The zero-order valence-corrected chi connectivity index (χ0v) is 11.1. The second kappa shape index (κ2) is 4.51. The van der Waals surface area contributed by atoms with E-state index in [1.54, 1.807) is 24.0 Å². The van der Waals surface area contributed by atoms with Crippen LogP contribution >= 0.6 is 0 Å². The molecule has 1 aliphatic heterocycles. The number of aliphatic imine (C=N–C) groups is 1. The Kier molecular flexibility index (Phi) is 2.79. The maximum absolute atomic E-state index is 11.1. The minimum Gasteiger partial charge on any atom is -0.494 e. The fourth-order valence-electron chi connectivity index (χ4n) is 2.39. The van der Waals surface area contributed by atoms with E-state index in [0.29, 0.717) is 22.8 Å². The van der Waals surface area contributed by atoms with Gasteiger partial charge in [0.05, 0.1) is 22.7 Å². The van der Waals surface area contributed by atoms with Crippen molar-refractivity contribution in [2.24, 2.45) is 4.99 Å². The molecule has 0 saturated carbocycles. The number of rotatable bonds is 2. The van der Waals surface area contributed by atoms with Gasteiger partial charge < -0.3 is 15.1 Å². The predicted octanol–water partition coefficient (Wildman–Crippen LogP) is 2.40. The minimum absolute atomic E-state index is 0.0204. The molecule has 3 rings (SSSR count). The van der Waals surface area contributed by atoms with E-state index in [2.05, 4.69) is 9.98 Å². The van der Waals surface area contributed by atoms with Gasteiger partial charge in [0.15, 0.2) is 5.88 Å². The lowest BCUT2D eigenvalue weighted by Gasteiger charge is -2.27. The summed E-state index contributed by atoms with van der Waals surface area (Å²) in [6.45, 7) is 1.91. The Labute approximate surface area is 119 Å². The Bertz CT molecular complexity index is 766. The number of hydrogen-bond acceptors (Lipinski definition) is 6. The van der Waals surface area contributed by atoms with Gasteiger partial charge in [-0.05, 0) is 13.0 Å². The summed E-state index contributed by atoms with van der Waals surface area (Å²) in [4.78, 5) is 18.9. The maximum atomic E-state index is 11.1. The van der Waals surface area contributed by atoms with Gasteiger partial charge in [0, 0.05) is 12.1 Å². The van der Waals surface area contributed by atoms with E-state index in [1.165, 1.54) is 12.1 Å². The van der Waals surface area contributed by atoms with Crippen molar-refractivity contribution >= 4 is 22.9 Å². The van der Waals surface area contributed by atoms with Crippen molar-refractivity contribution in [3.8, 4) is 11.8 Å². The van der Waals surface area contributed by atoms with Crippen LogP contribution in [-0.4, -0.2) is 26.0 Å². The molecule has 8 heteroatoms. The van der Waals surface area contributed by atoms with E-state index in [9.17, 15) is 20.3 Å². The van der Waals surface area contributed by atoms with Gasteiger partial charge in [0.1, 0.15) is 11.5 Å². The molecule has 2 aromatic rings. The molecule has 0 unspecified atom stereocenters. The summed E-state index contributed by atoms with van der Waals surface area (Å²) in [7, 11) is 0. The van der Waals surface area contributed by atoms with Gasteiger partial charge in [-0.3, -0.25) is 15.1 Å². The normalized spacial score (nSPS) is 13.8. The number of aromatic amines is 1. The third-order valence-corrected chi connectivity index (χ3v) is 3.37. The van der Waals surface area contributed by atoms with Crippen LogP contribution in [0.5, 0.6) is 11.8 Å². The van der Waals surface area contributed by atoms with Gasteiger partial charge in [0.2, 0.25) is 5.88 Å². The number of aromatic hydroxyl groups is 2. The zero-order chi connectivity index (χ0) is 15.1. The van der Waals surface area contributed by atoms with Gasteiger partial charge in [-0.25, -0.2) is 4.99 Å². The Hall–Kier alpha value is -3.03. The minimum atomic E-state index is -0.457. The van der Waals surface area contributed by atoms with E-state index in [4.69, 9.17) is 0 Å². The highest BCUT2D eigenvalue weighted by Gasteiger charge is 2.27. The number of nitrogens with one attached hydrogen (secondary N) is 1. The first-order valence-electron chi connectivity index (χ1n) is 6.17. The molecule has 21 heavy (non-hydrogen) atoms. The zero-order valence-electron chi connectivity index (χ0n) is 11.1. The molecule has 0 fully saturated rings. The van der Waals surface area contributed by atoms with E-state index in [1.807, 2.05) is 0 Å². The topological polar surface area (TPSA) is 115 Å². The summed E-state index contributed by atoms with van der Waals surface area (Å²) >= 11 is 0. The van der Waals surface area contributed by atoms with Crippen LogP contribution < -0.4 is 4.90 Å². The molecular formula is C13H12N4O4. The largest absolute Gasteiger partial charge is 0.494 e. The number of amidine groups is 1. The molecule has 0 atom stereocenters. The lowest BCUT2D eigenvalue weighted by Crippen LogP contribution is -2.30. The van der Waals surface area contributed by atoms with Crippen LogP contribution in [0.1, 0.15) is 12.5 Å². The van der Waals surface area contributed by atoms with E-state index in [-0.39, 0.29) is 24.0 Å². The van der Waals surface area contributed by atoms with Crippen molar-refractivity contribution < 1.29 is 15.1 Å². The number of benzene rings is 1. The van der Waals surface area contributed by atoms with Crippen LogP contribution in [0.3, 0.4) is 0 Å². The van der Waals surface area contributed by atoms with Crippen molar-refractivity contribution in [2.75, 3.05) is 4.90 Å². The van der Waals surface area contributed by atoms with Gasteiger partial charge in [-0.15, -0.1) is 0 Å². The average molecular weight is 288 g/mol. The van der Waals surface area contributed by atoms with Gasteiger partial charge in [-0.2, -0.15) is 0 Å². The highest BCUT2D eigenvalue weighted by Crippen LogP contribution is 2.38. The Balaban J connectivity index is 2.11. The maximum Gasteiger partial charge on any atom is 0.276 e. The molecule has 3 N–H and O–H groups in total. The summed E-state index contributed by atoms with van der Waals surface area (Å²) in [5.41, 5.74) is 1.30. The third-order valence-electron chi connectivity index (χ3n) is 3.37. The number of H-pyrrole nitrogens is 1. The molecule has 1 aromatic heterocycles. The number of nitro benzene ring substituents is 1. The summed E-state index contributed by atoms with van der Waals surface area (Å²) < 4.78 is 0. The van der Waals surface area contributed by atoms with Crippen molar-refractivity contribution in [1.29, 1.82) is 0 Å². The first-order chi connectivity index (χ1) is 9.97. The number of aromatic nitrogens is 1. The monoisotopic (exact) mass is 288 g/mol. The number of nitrogens with zero attached hydrogens (tertiary/aromatic N) is 3. The number of fused-ring (bicyclic) bond motifs is 1. The standard InChI is InChI=1S/C13H12N4O4/c1-7-14-9-3-2-4-10(17(20)21)8(9)6-16(7)11-5-12(18)15-13(11)19/h2-5,15,18-19H,6H2,1H3. The van der Waals surface area contributed by atoms with Gasteiger partial charge >= 0.3 is 0 Å². The molecule has 0 radical (unpaired) electrons. The summed E-state index contributed by atoms with van der Waals surface area (Å²) in [6, 6.07) is 6.05. The molecule has 2 heterocycles. The van der Waals surface area contributed by atoms with E-state index < -0.39 is 4.92 Å². The molecule has 0 spiro atoms. The van der Waals surface area contributed by atoms with Crippen LogP contribution in [0.2, 0.25) is 0 Å². The van der Waals surface area contributed by atoms with E-state index >= 15 is 0 Å². The quantitative estimate of drug-likeness (QED) is 0.579. The summed E-state index contributed by atoms with van der Waals surface area (Å²) in [6.07, 6.45) is 0. The highest BCUT2D eigenvalue weighted by molar-refractivity contribution is 6.00. The van der Waals surface area contributed by atoms with Crippen molar-refractivity contribution in [3.63, 3.8) is 0 Å². The fraction of sp³-hybridized carbons (Fsp3) is 0.154. The molecular weight excluding hydrogens is 276 g/mol. The lowest BCUT2D eigenvalue weighted by atomic mass is 10.1. The summed E-state index contributed by atoms with van der Waals surface area (Å²) in [5, 5.41) is 30.3. The van der Waals surface area contributed by atoms with Gasteiger partial charge in [0.25, 0.3) is 5.69 Å². The molecule has 1 aromatic carbocycles. The van der Waals surface area contributed by atoms with Crippen LogP contribution in [-0.2, 0) is 6.54 Å². The number of nitro groups is 1.